The third kappa shape index (κ3) is 5.44. The molecule has 0 amide bonds. The fourth-order valence-corrected chi connectivity index (χ4v) is 4.44. The van der Waals surface area contributed by atoms with Crippen LogP contribution < -0.4 is 4.46 Å². The van der Waals surface area contributed by atoms with Gasteiger partial charge in [0.15, 0.2) is 0 Å². The van der Waals surface area contributed by atoms with E-state index < -0.39 is 11.8 Å². The third-order valence-electron chi connectivity index (χ3n) is 3.38. The van der Waals surface area contributed by atoms with Crippen LogP contribution in [-0.2, 0) is 14.3 Å². The van der Waals surface area contributed by atoms with Crippen molar-refractivity contribution in [3.63, 3.8) is 0 Å². The standard InChI is InChI=1S/C16H22O4Se/c1-2-19-15(17)11-16(18)10-6-7-13(20-16)12-21-14-8-4-3-5-9-14/h3-5,8-9,13,18H,2,6-7,10-12H2,1H3. The predicted molar refractivity (Wildman–Crippen MR) is 81.6 cm³/mol. The Kier molecular flexibility index (Phi) is 6.24. The number of benzene rings is 1. The quantitative estimate of drug-likeness (QED) is 0.621. The van der Waals surface area contributed by atoms with Crippen LogP contribution in [0.25, 0.3) is 0 Å². The maximum absolute atomic E-state index is 11.5. The molecule has 1 aromatic carbocycles. The molecule has 1 fully saturated rings. The summed E-state index contributed by atoms with van der Waals surface area (Å²) in [6, 6.07) is 10.3. The monoisotopic (exact) mass is 358 g/mol. The van der Waals surface area contributed by atoms with Gasteiger partial charge in [-0.3, -0.25) is 0 Å². The second-order valence-corrected chi connectivity index (χ2v) is 7.48. The summed E-state index contributed by atoms with van der Waals surface area (Å²) in [6.07, 6.45) is 2.28. The molecule has 21 heavy (non-hydrogen) atoms. The Hall–Kier alpha value is -0.871. The molecule has 1 heterocycles. The number of aliphatic hydroxyl groups is 1. The zero-order valence-corrected chi connectivity index (χ0v) is 14.0. The van der Waals surface area contributed by atoms with E-state index in [-0.39, 0.29) is 12.5 Å². The number of esters is 1. The van der Waals surface area contributed by atoms with E-state index in [0.29, 0.717) is 28.0 Å². The van der Waals surface area contributed by atoms with E-state index in [2.05, 4.69) is 12.1 Å². The Morgan fingerprint density at radius 1 is 1.48 bits per heavy atom. The van der Waals surface area contributed by atoms with Crippen molar-refractivity contribution in [3.8, 4) is 0 Å². The number of ether oxygens (including phenoxy) is 2. The van der Waals surface area contributed by atoms with E-state index in [4.69, 9.17) is 9.47 Å². The number of hydrogen-bond donors (Lipinski definition) is 1. The predicted octanol–water partition coefficient (Wildman–Crippen LogP) is 1.65. The molecule has 2 unspecified atom stereocenters. The van der Waals surface area contributed by atoms with Gasteiger partial charge in [-0.15, -0.1) is 0 Å². The Labute approximate surface area is 132 Å². The minimum atomic E-state index is -1.35. The summed E-state index contributed by atoms with van der Waals surface area (Å²) in [5.41, 5.74) is 0. The van der Waals surface area contributed by atoms with Crippen molar-refractivity contribution in [1.29, 1.82) is 0 Å². The first-order valence-electron chi connectivity index (χ1n) is 7.35. The van der Waals surface area contributed by atoms with Crippen molar-refractivity contribution in [2.24, 2.45) is 0 Å². The number of hydrogen-bond acceptors (Lipinski definition) is 4. The van der Waals surface area contributed by atoms with Gasteiger partial charge in [-0.05, 0) is 0 Å². The Morgan fingerprint density at radius 2 is 2.24 bits per heavy atom. The third-order valence-corrected chi connectivity index (χ3v) is 5.78. The summed E-state index contributed by atoms with van der Waals surface area (Å²) < 4.78 is 12.0. The fourth-order valence-electron chi connectivity index (χ4n) is 2.42. The SMILES string of the molecule is CCOC(=O)CC1(O)CCCC(C[Se]c2ccccc2)O1. The van der Waals surface area contributed by atoms with Crippen LogP contribution >= 0.6 is 0 Å². The molecule has 0 aliphatic carbocycles. The molecule has 1 aromatic rings. The van der Waals surface area contributed by atoms with Crippen LogP contribution in [0.15, 0.2) is 30.3 Å². The Morgan fingerprint density at radius 3 is 2.95 bits per heavy atom. The average Bonchev–Trinajstić information content (AvgIpc) is 2.46. The van der Waals surface area contributed by atoms with Gasteiger partial charge in [0, 0.05) is 0 Å². The van der Waals surface area contributed by atoms with Gasteiger partial charge in [-0.1, -0.05) is 0 Å². The van der Waals surface area contributed by atoms with Crippen LogP contribution in [-0.4, -0.2) is 44.5 Å². The summed E-state index contributed by atoms with van der Waals surface area (Å²) >= 11 is 0.327. The molecule has 5 heteroatoms. The van der Waals surface area contributed by atoms with E-state index in [1.807, 2.05) is 18.2 Å². The van der Waals surface area contributed by atoms with E-state index in [0.717, 1.165) is 18.2 Å². The normalized spacial score (nSPS) is 25.5. The molecule has 1 N–H and O–H groups in total. The van der Waals surface area contributed by atoms with Gasteiger partial charge < -0.3 is 0 Å². The molecule has 0 radical (unpaired) electrons. The van der Waals surface area contributed by atoms with Crippen molar-refractivity contribution in [3.05, 3.63) is 30.3 Å². The second kappa shape index (κ2) is 7.95. The molecule has 0 bridgehead atoms. The average molecular weight is 357 g/mol. The van der Waals surface area contributed by atoms with Crippen molar-refractivity contribution in [2.75, 3.05) is 6.61 Å². The molecule has 116 valence electrons. The Balaban J connectivity index is 1.83. The fraction of sp³-hybridized carbons (Fsp3) is 0.562. The first kappa shape index (κ1) is 16.5. The summed E-state index contributed by atoms with van der Waals surface area (Å²) in [6.45, 7) is 2.09. The molecule has 1 aliphatic rings. The van der Waals surface area contributed by atoms with Crippen molar-refractivity contribution < 1.29 is 19.4 Å². The molecule has 2 rings (SSSR count). The molecular formula is C16H22O4Se. The van der Waals surface area contributed by atoms with E-state index >= 15 is 0 Å². The summed E-state index contributed by atoms with van der Waals surface area (Å²) in [5.74, 6) is -1.74. The molecule has 0 spiro atoms. The molecule has 0 aromatic heterocycles. The van der Waals surface area contributed by atoms with Crippen LogP contribution in [0.2, 0.25) is 5.32 Å². The molecule has 4 nitrogen and oxygen atoms in total. The van der Waals surface area contributed by atoms with E-state index in [1.165, 1.54) is 4.46 Å². The van der Waals surface area contributed by atoms with Crippen molar-refractivity contribution in [1.82, 2.24) is 0 Å². The molecule has 1 saturated heterocycles. The summed E-state index contributed by atoms with van der Waals surface area (Å²) in [5, 5.41) is 11.3. The van der Waals surface area contributed by atoms with Gasteiger partial charge >= 0.3 is 132 Å². The van der Waals surface area contributed by atoms with Gasteiger partial charge in [0.05, 0.1) is 0 Å². The van der Waals surface area contributed by atoms with Gasteiger partial charge in [0.2, 0.25) is 0 Å². The second-order valence-electron chi connectivity index (χ2n) is 5.18. The van der Waals surface area contributed by atoms with E-state index in [1.54, 1.807) is 6.92 Å². The first-order valence-corrected chi connectivity index (χ1v) is 9.42. The van der Waals surface area contributed by atoms with Gasteiger partial charge in [-0.2, -0.15) is 0 Å². The minimum absolute atomic E-state index is 0.0263. The van der Waals surface area contributed by atoms with Gasteiger partial charge in [-0.25, -0.2) is 0 Å². The van der Waals surface area contributed by atoms with Crippen LogP contribution in [0.5, 0.6) is 0 Å². The van der Waals surface area contributed by atoms with E-state index in [9.17, 15) is 9.90 Å². The Bertz CT molecular complexity index is 451. The van der Waals surface area contributed by atoms with Gasteiger partial charge in [0.25, 0.3) is 0 Å². The molecule has 0 saturated carbocycles. The van der Waals surface area contributed by atoms with Crippen LogP contribution in [0.1, 0.15) is 32.6 Å². The molecular weight excluding hydrogens is 335 g/mol. The van der Waals surface area contributed by atoms with Crippen molar-refractivity contribution >= 4 is 25.4 Å². The summed E-state index contributed by atoms with van der Waals surface area (Å²) in [7, 11) is 0. The first-order chi connectivity index (χ1) is 10.1. The van der Waals surface area contributed by atoms with Gasteiger partial charge in [0.1, 0.15) is 0 Å². The number of carbonyl (C=O) groups excluding carboxylic acids is 1. The number of rotatable bonds is 6. The maximum atomic E-state index is 11.5. The van der Waals surface area contributed by atoms with Crippen LogP contribution in [0.3, 0.4) is 0 Å². The van der Waals surface area contributed by atoms with Crippen LogP contribution in [0.4, 0.5) is 0 Å². The van der Waals surface area contributed by atoms with Crippen molar-refractivity contribution in [2.45, 2.75) is 49.8 Å². The zero-order valence-electron chi connectivity index (χ0n) is 12.3. The molecule has 2 atom stereocenters. The zero-order chi connectivity index (χ0) is 15.1. The summed E-state index contributed by atoms with van der Waals surface area (Å²) in [4.78, 5) is 11.5. The van der Waals surface area contributed by atoms with Crippen LogP contribution in [0, 0.1) is 0 Å². The number of carbonyl (C=O) groups is 1. The topological polar surface area (TPSA) is 55.8 Å². The molecule has 1 aliphatic heterocycles.